The number of amides is 3. The number of nitrogens with two attached hydrogens (primary N) is 1. The van der Waals surface area contributed by atoms with Crippen LogP contribution in [0.2, 0.25) is 0 Å². The highest BCUT2D eigenvalue weighted by Crippen LogP contribution is 2.04. The number of carbonyl (C=O) groups excluding carboxylic acids is 2. The Morgan fingerprint density at radius 3 is 2.29 bits per heavy atom. The van der Waals surface area contributed by atoms with Crippen molar-refractivity contribution in [3.05, 3.63) is 0 Å². The topological polar surface area (TPSA) is 84.2 Å². The van der Waals surface area contributed by atoms with Gasteiger partial charge in [0, 0.05) is 6.04 Å². The van der Waals surface area contributed by atoms with E-state index >= 15 is 0 Å². The minimum absolute atomic E-state index is 0.125. The maximum absolute atomic E-state index is 11.0. The average molecular weight is 201 g/mol. The molecule has 1 atom stereocenters. The first-order valence-corrected chi connectivity index (χ1v) is 4.80. The van der Waals surface area contributed by atoms with Gasteiger partial charge in [-0.05, 0) is 12.3 Å². The Labute approximate surface area is 84.4 Å². The first-order valence-electron chi connectivity index (χ1n) is 4.80. The second kappa shape index (κ2) is 6.37. The second-order valence-electron chi connectivity index (χ2n) is 3.55. The summed E-state index contributed by atoms with van der Waals surface area (Å²) in [7, 11) is 0. The Balaban J connectivity index is 3.79. The van der Waals surface area contributed by atoms with Gasteiger partial charge < -0.3 is 11.1 Å². The van der Waals surface area contributed by atoms with Crippen LogP contribution in [0.3, 0.4) is 0 Å². The van der Waals surface area contributed by atoms with Crippen LogP contribution < -0.4 is 16.4 Å². The SMILES string of the molecule is CCC(NCC(=O)NC(N)=O)C(C)C. The number of carbonyl (C=O) groups is 2. The van der Waals surface area contributed by atoms with E-state index in [0.29, 0.717) is 5.92 Å². The van der Waals surface area contributed by atoms with Crippen LogP contribution in [-0.2, 0) is 4.79 Å². The molecule has 0 heterocycles. The summed E-state index contributed by atoms with van der Waals surface area (Å²) in [6.07, 6.45) is 0.946. The molecule has 0 saturated carbocycles. The number of imide groups is 1. The fourth-order valence-electron chi connectivity index (χ4n) is 1.26. The highest BCUT2D eigenvalue weighted by atomic mass is 16.2. The molecule has 0 aromatic rings. The van der Waals surface area contributed by atoms with Gasteiger partial charge in [-0.25, -0.2) is 4.79 Å². The number of primary amides is 1. The van der Waals surface area contributed by atoms with Crippen molar-refractivity contribution in [3.63, 3.8) is 0 Å². The molecule has 0 aliphatic heterocycles. The van der Waals surface area contributed by atoms with Crippen molar-refractivity contribution in [1.82, 2.24) is 10.6 Å². The highest BCUT2D eigenvalue weighted by molar-refractivity contribution is 5.94. The molecule has 82 valence electrons. The van der Waals surface area contributed by atoms with Gasteiger partial charge in [0.25, 0.3) is 0 Å². The van der Waals surface area contributed by atoms with Crippen molar-refractivity contribution < 1.29 is 9.59 Å². The van der Waals surface area contributed by atoms with Crippen LogP contribution in [0.1, 0.15) is 27.2 Å². The fraction of sp³-hybridized carbons (Fsp3) is 0.778. The van der Waals surface area contributed by atoms with E-state index in [1.54, 1.807) is 0 Å². The van der Waals surface area contributed by atoms with E-state index in [1.807, 2.05) is 12.2 Å². The van der Waals surface area contributed by atoms with E-state index in [0.717, 1.165) is 6.42 Å². The fourth-order valence-corrected chi connectivity index (χ4v) is 1.26. The quantitative estimate of drug-likeness (QED) is 0.594. The molecule has 14 heavy (non-hydrogen) atoms. The number of nitrogens with one attached hydrogen (secondary N) is 2. The minimum atomic E-state index is -0.811. The molecular formula is C9H19N3O2. The van der Waals surface area contributed by atoms with Gasteiger partial charge in [-0.3, -0.25) is 10.1 Å². The molecule has 0 radical (unpaired) electrons. The molecule has 5 heteroatoms. The molecule has 0 bridgehead atoms. The van der Waals surface area contributed by atoms with E-state index in [2.05, 4.69) is 19.2 Å². The van der Waals surface area contributed by atoms with Gasteiger partial charge in [0.2, 0.25) is 5.91 Å². The van der Waals surface area contributed by atoms with Crippen molar-refractivity contribution in [2.24, 2.45) is 11.7 Å². The molecule has 1 unspecified atom stereocenters. The van der Waals surface area contributed by atoms with Crippen molar-refractivity contribution >= 4 is 11.9 Å². The van der Waals surface area contributed by atoms with E-state index in [-0.39, 0.29) is 12.6 Å². The predicted octanol–water partition coefficient (Wildman–Crippen LogP) is 0.206. The molecule has 0 aliphatic carbocycles. The van der Waals surface area contributed by atoms with Crippen molar-refractivity contribution in [2.45, 2.75) is 33.2 Å². The van der Waals surface area contributed by atoms with Crippen LogP contribution in [0, 0.1) is 5.92 Å². The summed E-state index contributed by atoms with van der Waals surface area (Å²) in [5, 5.41) is 5.05. The van der Waals surface area contributed by atoms with Crippen molar-refractivity contribution in [1.29, 1.82) is 0 Å². The standard InChI is InChI=1S/C9H19N3O2/c1-4-7(6(2)3)11-5-8(13)12-9(10)14/h6-7,11H,4-5H2,1-3H3,(H3,10,12,13,14). The molecule has 0 spiro atoms. The monoisotopic (exact) mass is 201 g/mol. The summed E-state index contributed by atoms with van der Waals surface area (Å²) in [5.74, 6) is 0.0676. The number of hydrogen-bond acceptors (Lipinski definition) is 3. The highest BCUT2D eigenvalue weighted by Gasteiger charge is 2.12. The third-order valence-corrected chi connectivity index (χ3v) is 2.03. The zero-order valence-corrected chi connectivity index (χ0v) is 8.96. The number of rotatable bonds is 5. The third-order valence-electron chi connectivity index (χ3n) is 2.03. The maximum Gasteiger partial charge on any atom is 0.318 e. The lowest BCUT2D eigenvalue weighted by atomic mass is 10.0. The molecule has 0 saturated heterocycles. The molecular weight excluding hydrogens is 182 g/mol. The number of hydrogen-bond donors (Lipinski definition) is 3. The maximum atomic E-state index is 11.0. The van der Waals surface area contributed by atoms with Crippen molar-refractivity contribution in [2.75, 3.05) is 6.54 Å². The van der Waals surface area contributed by atoms with Gasteiger partial charge in [0.05, 0.1) is 6.54 Å². The molecule has 5 nitrogen and oxygen atoms in total. The van der Waals surface area contributed by atoms with Gasteiger partial charge in [-0.1, -0.05) is 20.8 Å². The molecule has 0 fully saturated rings. The smallest absolute Gasteiger partial charge is 0.318 e. The zero-order chi connectivity index (χ0) is 11.1. The van der Waals surface area contributed by atoms with Crippen LogP contribution in [0.5, 0.6) is 0 Å². The summed E-state index contributed by atoms with van der Waals surface area (Å²) < 4.78 is 0. The molecule has 0 aliphatic rings. The molecule has 0 rings (SSSR count). The van der Waals surface area contributed by atoms with Crippen LogP contribution in [0.4, 0.5) is 4.79 Å². The molecule has 0 aromatic carbocycles. The summed E-state index contributed by atoms with van der Waals surface area (Å²) >= 11 is 0. The zero-order valence-electron chi connectivity index (χ0n) is 8.96. The molecule has 4 N–H and O–H groups in total. The summed E-state index contributed by atoms with van der Waals surface area (Å²) in [6.45, 7) is 6.32. The Kier molecular flexibility index (Phi) is 5.87. The van der Waals surface area contributed by atoms with Gasteiger partial charge in [0.1, 0.15) is 0 Å². The predicted molar refractivity (Wildman–Crippen MR) is 54.6 cm³/mol. The molecule has 0 aromatic heterocycles. The van der Waals surface area contributed by atoms with Crippen LogP contribution in [0.25, 0.3) is 0 Å². The lowest BCUT2D eigenvalue weighted by Gasteiger charge is -2.19. The van der Waals surface area contributed by atoms with E-state index in [4.69, 9.17) is 5.73 Å². The Morgan fingerprint density at radius 2 is 1.93 bits per heavy atom. The number of urea groups is 1. The Bertz CT molecular complexity index is 204. The largest absolute Gasteiger partial charge is 0.351 e. The van der Waals surface area contributed by atoms with Gasteiger partial charge in [0.15, 0.2) is 0 Å². The van der Waals surface area contributed by atoms with E-state index in [9.17, 15) is 9.59 Å². The van der Waals surface area contributed by atoms with E-state index < -0.39 is 11.9 Å². The normalized spacial score (nSPS) is 12.6. The average Bonchev–Trinajstić information content (AvgIpc) is 2.03. The summed E-state index contributed by atoms with van der Waals surface area (Å²) in [5.41, 5.74) is 4.79. The van der Waals surface area contributed by atoms with Crippen LogP contribution in [0.15, 0.2) is 0 Å². The summed E-state index contributed by atoms with van der Waals surface area (Å²) in [4.78, 5) is 21.3. The first-order chi connectivity index (χ1) is 6.47. The Morgan fingerprint density at radius 1 is 1.36 bits per heavy atom. The third kappa shape index (κ3) is 5.53. The van der Waals surface area contributed by atoms with Gasteiger partial charge in [-0.2, -0.15) is 0 Å². The Hall–Kier alpha value is -1.10. The van der Waals surface area contributed by atoms with Gasteiger partial charge in [-0.15, -0.1) is 0 Å². The lowest BCUT2D eigenvalue weighted by Crippen LogP contribution is -2.44. The van der Waals surface area contributed by atoms with Crippen LogP contribution in [-0.4, -0.2) is 24.5 Å². The molecule has 3 amide bonds. The van der Waals surface area contributed by atoms with Crippen molar-refractivity contribution in [3.8, 4) is 0 Å². The minimum Gasteiger partial charge on any atom is -0.351 e. The summed E-state index contributed by atoms with van der Waals surface area (Å²) in [6, 6.07) is -0.525. The first kappa shape index (κ1) is 12.9. The van der Waals surface area contributed by atoms with Crippen LogP contribution >= 0.6 is 0 Å². The lowest BCUT2D eigenvalue weighted by molar-refractivity contribution is -0.119. The van der Waals surface area contributed by atoms with E-state index in [1.165, 1.54) is 0 Å². The second-order valence-corrected chi connectivity index (χ2v) is 3.55. The van der Waals surface area contributed by atoms with Gasteiger partial charge >= 0.3 is 6.03 Å².